The Balaban J connectivity index is 0.00000320. The van der Waals surface area contributed by atoms with Crippen molar-refractivity contribution in [3.63, 3.8) is 0 Å². The van der Waals surface area contributed by atoms with Crippen LogP contribution >= 0.6 is 12.4 Å². The molecule has 0 atom stereocenters. The molecular weight excluding hydrogens is 404 g/mol. The normalized spacial score (nSPS) is 10.6. The van der Waals surface area contributed by atoms with Crippen LogP contribution in [-0.2, 0) is 6.42 Å². The Hall–Kier alpha value is -3.12. The summed E-state index contributed by atoms with van der Waals surface area (Å²) in [5.41, 5.74) is 1.89. The van der Waals surface area contributed by atoms with Crippen molar-refractivity contribution in [2.75, 3.05) is 27.9 Å². The lowest BCUT2D eigenvalue weighted by Gasteiger charge is -2.16. The molecule has 3 aromatic carbocycles. The van der Waals surface area contributed by atoms with E-state index < -0.39 is 0 Å². The molecule has 0 saturated heterocycles. The molecule has 30 heavy (non-hydrogen) atoms. The molecule has 6 nitrogen and oxygen atoms in total. The maximum atomic E-state index is 6.18. The van der Waals surface area contributed by atoms with E-state index in [-0.39, 0.29) is 12.4 Å². The summed E-state index contributed by atoms with van der Waals surface area (Å²) in [7, 11) is 4.92. The quantitative estimate of drug-likeness (QED) is 0.232. The van der Waals surface area contributed by atoms with Gasteiger partial charge in [0.25, 0.3) is 0 Å². The van der Waals surface area contributed by atoms with Gasteiger partial charge in [-0.15, -0.1) is 12.4 Å². The zero-order chi connectivity index (χ0) is 20.6. The van der Waals surface area contributed by atoms with Crippen LogP contribution in [0.2, 0.25) is 0 Å². The van der Waals surface area contributed by atoms with Crippen molar-refractivity contribution in [2.45, 2.75) is 12.8 Å². The van der Waals surface area contributed by atoms with E-state index in [2.05, 4.69) is 5.10 Å². The zero-order valence-electron chi connectivity index (χ0n) is 17.4. The third-order valence-electron chi connectivity index (χ3n) is 4.73. The van der Waals surface area contributed by atoms with Gasteiger partial charge in [-0.1, -0.05) is 30.3 Å². The molecule has 0 saturated carbocycles. The molecule has 0 fully saturated rings. The molecule has 0 amide bonds. The summed E-state index contributed by atoms with van der Waals surface area (Å²) >= 11 is 0. The third-order valence-corrected chi connectivity index (χ3v) is 4.73. The molecule has 160 valence electrons. The monoisotopic (exact) mass is 430 g/mol. The zero-order valence-corrected chi connectivity index (χ0v) is 18.2. The van der Waals surface area contributed by atoms with Crippen molar-refractivity contribution in [1.82, 2.24) is 0 Å². The highest BCUT2D eigenvalue weighted by atomic mass is 35.5. The Morgan fingerprint density at radius 3 is 2.43 bits per heavy atom. The van der Waals surface area contributed by atoms with Gasteiger partial charge in [0.1, 0.15) is 11.5 Å². The summed E-state index contributed by atoms with van der Waals surface area (Å²) in [5.74, 6) is 8.27. The van der Waals surface area contributed by atoms with E-state index in [1.807, 2.05) is 48.5 Å². The van der Waals surface area contributed by atoms with Crippen LogP contribution in [0.15, 0.2) is 53.6 Å². The van der Waals surface area contributed by atoms with E-state index in [0.717, 1.165) is 46.2 Å². The van der Waals surface area contributed by atoms with Gasteiger partial charge < -0.3 is 24.8 Å². The first-order chi connectivity index (χ1) is 14.2. The van der Waals surface area contributed by atoms with Crippen molar-refractivity contribution in [1.29, 1.82) is 0 Å². The molecule has 0 unspecified atom stereocenters. The number of fused-ring (bicyclic) bond motifs is 1. The Morgan fingerprint density at radius 2 is 1.73 bits per heavy atom. The lowest BCUT2D eigenvalue weighted by atomic mass is 10.0. The van der Waals surface area contributed by atoms with Gasteiger partial charge in [-0.05, 0) is 35.9 Å². The minimum Gasteiger partial charge on any atom is -0.497 e. The van der Waals surface area contributed by atoms with Crippen molar-refractivity contribution < 1.29 is 18.9 Å². The van der Waals surface area contributed by atoms with Crippen LogP contribution in [0, 0.1) is 0 Å². The number of hydrogen-bond donors (Lipinski definition) is 1. The fraction of sp³-hybridized carbons (Fsp3) is 0.261. The Kier molecular flexibility index (Phi) is 8.62. The van der Waals surface area contributed by atoms with Crippen LogP contribution in [-0.4, -0.2) is 34.2 Å². The maximum absolute atomic E-state index is 6.18. The van der Waals surface area contributed by atoms with Crippen molar-refractivity contribution in [3.8, 4) is 23.0 Å². The Bertz CT molecular complexity index is 1010. The predicted octanol–water partition coefficient (Wildman–Crippen LogP) is 4.59. The average Bonchev–Trinajstić information content (AvgIpc) is 2.76. The Labute approximate surface area is 183 Å². The summed E-state index contributed by atoms with van der Waals surface area (Å²) < 4.78 is 22.5. The van der Waals surface area contributed by atoms with Gasteiger partial charge in [-0.25, -0.2) is 0 Å². The van der Waals surface area contributed by atoms with Crippen molar-refractivity contribution >= 4 is 29.4 Å². The molecule has 3 aromatic rings. The largest absolute Gasteiger partial charge is 0.497 e. The van der Waals surface area contributed by atoms with Crippen LogP contribution in [0.4, 0.5) is 0 Å². The lowest BCUT2D eigenvalue weighted by Crippen LogP contribution is -2.04. The first-order valence-electron chi connectivity index (χ1n) is 9.38. The average molecular weight is 431 g/mol. The molecule has 0 aliphatic carbocycles. The second kappa shape index (κ2) is 11.2. The summed E-state index contributed by atoms with van der Waals surface area (Å²) in [5, 5.41) is 5.67. The van der Waals surface area contributed by atoms with E-state index in [0.29, 0.717) is 18.1 Å². The fourth-order valence-corrected chi connectivity index (χ4v) is 3.34. The molecule has 0 radical (unpaired) electrons. The van der Waals surface area contributed by atoms with E-state index in [9.17, 15) is 0 Å². The van der Waals surface area contributed by atoms with E-state index in [1.54, 1.807) is 27.5 Å². The number of nitrogens with two attached hydrogens (primary N) is 1. The number of methoxy groups -OCH3 is 3. The molecule has 3 rings (SSSR count). The van der Waals surface area contributed by atoms with E-state index in [1.165, 1.54) is 0 Å². The summed E-state index contributed by atoms with van der Waals surface area (Å²) in [6.07, 6.45) is 3.20. The van der Waals surface area contributed by atoms with Crippen LogP contribution in [0.25, 0.3) is 10.8 Å². The van der Waals surface area contributed by atoms with Crippen molar-refractivity contribution in [3.05, 3.63) is 59.7 Å². The highest BCUT2D eigenvalue weighted by Crippen LogP contribution is 2.38. The molecule has 0 aromatic heterocycles. The molecule has 0 bridgehead atoms. The first kappa shape index (κ1) is 23.2. The molecule has 0 aliphatic heterocycles. The standard InChI is InChI=1S/C23H26N2O4.ClH/c1-26-19-11-10-16(21(14-19)27-2)8-6-12-29-23-20-9-5-4-7-17(20)13-18(15-25-24)22(23)28-3;/h4-5,7,9-11,13-15H,6,8,12,24H2,1-3H3;1H/b25-15+;. The number of rotatable bonds is 9. The van der Waals surface area contributed by atoms with Gasteiger partial charge in [-0.2, -0.15) is 5.10 Å². The maximum Gasteiger partial charge on any atom is 0.170 e. The number of ether oxygens (including phenoxy) is 4. The van der Waals surface area contributed by atoms with Crippen LogP contribution in [0.3, 0.4) is 0 Å². The predicted molar refractivity (Wildman–Crippen MR) is 123 cm³/mol. The number of benzene rings is 3. The lowest BCUT2D eigenvalue weighted by molar-refractivity contribution is 0.292. The fourth-order valence-electron chi connectivity index (χ4n) is 3.34. The van der Waals surface area contributed by atoms with Gasteiger partial charge in [0.2, 0.25) is 0 Å². The number of aryl methyl sites for hydroxylation is 1. The van der Waals surface area contributed by atoms with Crippen LogP contribution < -0.4 is 24.8 Å². The minimum atomic E-state index is 0. The highest BCUT2D eigenvalue weighted by molar-refractivity contribution is 5.98. The minimum absolute atomic E-state index is 0. The summed E-state index contributed by atoms with van der Waals surface area (Å²) in [6, 6.07) is 15.8. The second-order valence-electron chi connectivity index (χ2n) is 6.46. The van der Waals surface area contributed by atoms with Gasteiger partial charge in [0, 0.05) is 17.0 Å². The first-order valence-corrected chi connectivity index (χ1v) is 9.38. The van der Waals surface area contributed by atoms with Gasteiger partial charge in [-0.3, -0.25) is 0 Å². The van der Waals surface area contributed by atoms with Crippen LogP contribution in [0.5, 0.6) is 23.0 Å². The molecule has 0 aliphatic rings. The SMILES string of the molecule is COc1ccc(CCCOc2c(OC)c(/C=N/N)cc3ccccc23)c(OC)c1.Cl. The van der Waals surface area contributed by atoms with E-state index in [4.69, 9.17) is 24.8 Å². The topological polar surface area (TPSA) is 75.3 Å². The smallest absolute Gasteiger partial charge is 0.170 e. The molecule has 7 heteroatoms. The van der Waals surface area contributed by atoms with E-state index >= 15 is 0 Å². The van der Waals surface area contributed by atoms with Gasteiger partial charge >= 0.3 is 0 Å². The number of nitrogens with zero attached hydrogens (tertiary/aromatic N) is 1. The second-order valence-corrected chi connectivity index (χ2v) is 6.46. The summed E-state index contributed by atoms with van der Waals surface area (Å²) in [4.78, 5) is 0. The highest BCUT2D eigenvalue weighted by Gasteiger charge is 2.15. The number of halogens is 1. The molecule has 0 heterocycles. The molecule has 2 N–H and O–H groups in total. The Morgan fingerprint density at radius 1 is 0.933 bits per heavy atom. The van der Waals surface area contributed by atoms with Gasteiger partial charge in [0.15, 0.2) is 11.5 Å². The third kappa shape index (κ3) is 5.07. The number of hydrogen-bond acceptors (Lipinski definition) is 6. The summed E-state index contributed by atoms with van der Waals surface area (Å²) in [6.45, 7) is 0.527. The number of hydrazone groups is 1. The van der Waals surface area contributed by atoms with Gasteiger partial charge in [0.05, 0.1) is 34.2 Å². The molecular formula is C23H27ClN2O4. The molecule has 0 spiro atoms. The van der Waals surface area contributed by atoms with Crippen molar-refractivity contribution in [2.24, 2.45) is 10.9 Å². The van der Waals surface area contributed by atoms with Crippen LogP contribution in [0.1, 0.15) is 17.5 Å².